The van der Waals surface area contributed by atoms with Gasteiger partial charge in [-0.3, -0.25) is 4.90 Å². The largest absolute Gasteiger partial charge is 0.396 e. The minimum Gasteiger partial charge on any atom is -0.396 e. The summed E-state index contributed by atoms with van der Waals surface area (Å²) < 4.78 is 0. The van der Waals surface area contributed by atoms with E-state index in [1.165, 1.54) is 16.0 Å². The van der Waals surface area contributed by atoms with Gasteiger partial charge >= 0.3 is 0 Å². The highest BCUT2D eigenvalue weighted by Gasteiger charge is 2.35. The Labute approximate surface area is 149 Å². The van der Waals surface area contributed by atoms with Crippen LogP contribution in [0.25, 0.3) is 0 Å². The fourth-order valence-corrected chi connectivity index (χ4v) is 4.32. The number of benzene rings is 2. The lowest BCUT2D eigenvalue weighted by atomic mass is 9.75. The standard InChI is InChI=1S/C21H27NOS/c1-24-20-10-5-9-19(13-20)15-22-12-6-11-21(16-22,17-23)14-18-7-3-2-4-8-18/h2-5,7-10,13,23H,6,11-12,14-17H2,1H3/t21-/m1/s1. The van der Waals surface area contributed by atoms with Gasteiger partial charge in [0.15, 0.2) is 0 Å². The van der Waals surface area contributed by atoms with Crippen molar-refractivity contribution in [1.29, 1.82) is 0 Å². The maximum atomic E-state index is 10.1. The van der Waals surface area contributed by atoms with Crippen LogP contribution in [0, 0.1) is 5.41 Å². The third kappa shape index (κ3) is 4.41. The molecule has 0 bridgehead atoms. The highest BCUT2D eigenvalue weighted by atomic mass is 32.2. The summed E-state index contributed by atoms with van der Waals surface area (Å²) in [5.41, 5.74) is 2.70. The predicted octanol–water partition coefficient (Wildman–Crippen LogP) is 4.23. The predicted molar refractivity (Wildman–Crippen MR) is 102 cm³/mol. The number of piperidine rings is 1. The number of hydrogen-bond acceptors (Lipinski definition) is 3. The van der Waals surface area contributed by atoms with Crippen LogP contribution in [0.5, 0.6) is 0 Å². The van der Waals surface area contributed by atoms with Crippen molar-refractivity contribution >= 4 is 11.8 Å². The molecule has 1 aliphatic heterocycles. The van der Waals surface area contributed by atoms with E-state index in [0.717, 1.165) is 38.9 Å². The van der Waals surface area contributed by atoms with E-state index < -0.39 is 0 Å². The quantitative estimate of drug-likeness (QED) is 0.796. The highest BCUT2D eigenvalue weighted by molar-refractivity contribution is 7.98. The lowest BCUT2D eigenvalue weighted by Crippen LogP contribution is -2.46. The lowest BCUT2D eigenvalue weighted by Gasteiger charge is -2.42. The zero-order chi connectivity index (χ0) is 16.8. The van der Waals surface area contributed by atoms with Gasteiger partial charge in [0.25, 0.3) is 0 Å². The van der Waals surface area contributed by atoms with Crippen LogP contribution in [0.15, 0.2) is 59.5 Å². The molecule has 1 saturated heterocycles. The summed E-state index contributed by atoms with van der Waals surface area (Å²) in [5, 5.41) is 10.1. The molecular formula is C21H27NOS. The van der Waals surface area contributed by atoms with E-state index in [9.17, 15) is 5.11 Å². The second kappa shape index (κ2) is 8.19. The number of hydrogen-bond donors (Lipinski definition) is 1. The van der Waals surface area contributed by atoms with E-state index in [4.69, 9.17) is 0 Å². The SMILES string of the molecule is CSc1cccc(CN2CCC[C@@](CO)(Cc3ccccc3)C2)c1. The molecule has 0 aromatic heterocycles. The maximum absolute atomic E-state index is 10.1. The number of likely N-dealkylation sites (tertiary alicyclic amines) is 1. The van der Waals surface area contributed by atoms with Crippen LogP contribution in [-0.4, -0.2) is 36.0 Å². The van der Waals surface area contributed by atoms with Crippen LogP contribution in [-0.2, 0) is 13.0 Å². The Bertz CT molecular complexity index is 645. The summed E-state index contributed by atoms with van der Waals surface area (Å²) in [6.07, 6.45) is 5.36. The molecule has 0 amide bonds. The molecule has 1 heterocycles. The van der Waals surface area contributed by atoms with Crippen LogP contribution in [0.2, 0.25) is 0 Å². The first-order valence-corrected chi connectivity index (χ1v) is 9.96. The van der Waals surface area contributed by atoms with E-state index in [0.29, 0.717) is 0 Å². The van der Waals surface area contributed by atoms with Crippen molar-refractivity contribution in [3.05, 3.63) is 65.7 Å². The van der Waals surface area contributed by atoms with E-state index >= 15 is 0 Å². The molecule has 1 atom stereocenters. The topological polar surface area (TPSA) is 23.5 Å². The summed E-state index contributed by atoms with van der Waals surface area (Å²) in [7, 11) is 0. The van der Waals surface area contributed by atoms with Gasteiger partial charge in [-0.2, -0.15) is 0 Å². The molecule has 1 fully saturated rings. The summed E-state index contributed by atoms with van der Waals surface area (Å²) in [6, 6.07) is 19.4. The molecule has 0 radical (unpaired) electrons. The molecule has 2 aromatic rings. The van der Waals surface area contributed by atoms with E-state index in [1.807, 2.05) is 0 Å². The van der Waals surface area contributed by atoms with E-state index in [-0.39, 0.29) is 12.0 Å². The zero-order valence-electron chi connectivity index (χ0n) is 14.4. The number of thioether (sulfide) groups is 1. The third-order valence-corrected chi connectivity index (χ3v) is 5.76. The number of aliphatic hydroxyl groups excluding tert-OH is 1. The molecule has 0 aliphatic carbocycles. The Kier molecular flexibility index (Phi) is 5.99. The van der Waals surface area contributed by atoms with Crippen LogP contribution in [0.3, 0.4) is 0 Å². The molecule has 128 valence electrons. The van der Waals surface area contributed by atoms with Crippen molar-refractivity contribution < 1.29 is 5.11 Å². The molecule has 2 nitrogen and oxygen atoms in total. The van der Waals surface area contributed by atoms with Gasteiger partial charge in [-0.1, -0.05) is 42.5 Å². The van der Waals surface area contributed by atoms with Crippen molar-refractivity contribution in [3.63, 3.8) is 0 Å². The van der Waals surface area contributed by atoms with Gasteiger partial charge in [-0.25, -0.2) is 0 Å². The molecule has 2 aromatic carbocycles. The summed E-state index contributed by atoms with van der Waals surface area (Å²) in [5.74, 6) is 0. The smallest absolute Gasteiger partial charge is 0.0502 e. The van der Waals surface area contributed by atoms with Crippen LogP contribution < -0.4 is 0 Å². The van der Waals surface area contributed by atoms with Crippen LogP contribution in [0.4, 0.5) is 0 Å². The van der Waals surface area contributed by atoms with Gasteiger partial charge in [0.1, 0.15) is 0 Å². The third-order valence-electron chi connectivity index (χ3n) is 5.04. The minimum absolute atomic E-state index is 0.00325. The Morgan fingerprint density at radius 2 is 1.88 bits per heavy atom. The Morgan fingerprint density at radius 3 is 2.62 bits per heavy atom. The van der Waals surface area contributed by atoms with Crippen molar-refractivity contribution in [2.75, 3.05) is 26.0 Å². The van der Waals surface area contributed by atoms with Gasteiger partial charge in [0.2, 0.25) is 0 Å². The minimum atomic E-state index is -0.00325. The summed E-state index contributed by atoms with van der Waals surface area (Å²) in [4.78, 5) is 3.84. The first-order valence-electron chi connectivity index (χ1n) is 8.73. The monoisotopic (exact) mass is 341 g/mol. The first-order chi connectivity index (χ1) is 11.7. The normalized spacial score (nSPS) is 21.8. The van der Waals surface area contributed by atoms with Gasteiger partial charge < -0.3 is 5.11 Å². The summed E-state index contributed by atoms with van der Waals surface area (Å²) in [6.45, 7) is 3.34. The average molecular weight is 342 g/mol. The first kappa shape index (κ1) is 17.5. The Balaban J connectivity index is 1.69. The molecule has 3 heteroatoms. The molecule has 1 aliphatic rings. The van der Waals surface area contributed by atoms with Crippen molar-refractivity contribution in [1.82, 2.24) is 4.90 Å². The second-order valence-corrected chi connectivity index (χ2v) is 7.87. The fourth-order valence-electron chi connectivity index (χ4n) is 3.83. The average Bonchev–Trinajstić information content (AvgIpc) is 2.63. The van der Waals surface area contributed by atoms with E-state index in [1.54, 1.807) is 11.8 Å². The van der Waals surface area contributed by atoms with Crippen molar-refractivity contribution in [3.8, 4) is 0 Å². The Morgan fingerprint density at radius 1 is 1.08 bits per heavy atom. The number of aliphatic hydroxyl groups is 1. The van der Waals surface area contributed by atoms with Crippen molar-refractivity contribution in [2.45, 2.75) is 30.7 Å². The highest BCUT2D eigenvalue weighted by Crippen LogP contribution is 2.34. The summed E-state index contributed by atoms with van der Waals surface area (Å²) >= 11 is 1.79. The number of rotatable bonds is 6. The zero-order valence-corrected chi connectivity index (χ0v) is 15.3. The maximum Gasteiger partial charge on any atom is 0.0502 e. The van der Waals surface area contributed by atoms with Crippen LogP contribution in [0.1, 0.15) is 24.0 Å². The fraction of sp³-hybridized carbons (Fsp3) is 0.429. The Hall–Kier alpha value is -1.29. The molecule has 0 saturated carbocycles. The van der Waals surface area contributed by atoms with Crippen molar-refractivity contribution in [2.24, 2.45) is 5.41 Å². The van der Waals surface area contributed by atoms with Crippen LogP contribution >= 0.6 is 11.8 Å². The molecule has 24 heavy (non-hydrogen) atoms. The molecular weight excluding hydrogens is 314 g/mol. The molecule has 3 rings (SSSR count). The second-order valence-electron chi connectivity index (χ2n) is 6.99. The molecule has 1 N–H and O–H groups in total. The van der Waals surface area contributed by atoms with Gasteiger partial charge in [0.05, 0.1) is 6.61 Å². The van der Waals surface area contributed by atoms with Gasteiger partial charge in [0, 0.05) is 23.4 Å². The lowest BCUT2D eigenvalue weighted by molar-refractivity contribution is 0.0288. The van der Waals surface area contributed by atoms with Gasteiger partial charge in [-0.05, 0) is 55.3 Å². The molecule has 0 spiro atoms. The van der Waals surface area contributed by atoms with E-state index in [2.05, 4.69) is 65.8 Å². The van der Waals surface area contributed by atoms with Gasteiger partial charge in [-0.15, -0.1) is 11.8 Å². The number of nitrogens with zero attached hydrogens (tertiary/aromatic N) is 1. The molecule has 0 unspecified atom stereocenters.